The summed E-state index contributed by atoms with van der Waals surface area (Å²) < 4.78 is 5.16. The minimum Gasteiger partial charge on any atom is -0.445 e. The van der Waals surface area contributed by atoms with Crippen LogP contribution in [0.5, 0.6) is 0 Å². The highest BCUT2D eigenvalue weighted by Gasteiger charge is 2.31. The third-order valence-corrected chi connectivity index (χ3v) is 2.83. The van der Waals surface area contributed by atoms with E-state index >= 15 is 0 Å². The molecular weight excluding hydrogens is 232 g/mol. The summed E-state index contributed by atoms with van der Waals surface area (Å²) >= 11 is 0. The van der Waals surface area contributed by atoms with E-state index in [1.54, 1.807) is 4.90 Å². The highest BCUT2D eigenvalue weighted by molar-refractivity contribution is 5.68. The summed E-state index contributed by atoms with van der Waals surface area (Å²) in [4.78, 5) is 26.6. The maximum atomic E-state index is 11.6. The van der Waals surface area contributed by atoms with Crippen molar-refractivity contribution in [3.8, 4) is 0 Å². The van der Waals surface area contributed by atoms with Crippen LogP contribution in [0, 0.1) is 5.92 Å². The van der Waals surface area contributed by atoms with Crippen molar-refractivity contribution in [2.45, 2.75) is 6.61 Å². The molecule has 0 bridgehead atoms. The van der Waals surface area contributed by atoms with Gasteiger partial charge in [-0.15, -0.1) is 0 Å². The van der Waals surface area contributed by atoms with Crippen LogP contribution in [0.25, 0.3) is 0 Å². The fraction of sp³-hybridized carbons (Fsp3) is 0.385. The van der Waals surface area contributed by atoms with Crippen molar-refractivity contribution in [2.24, 2.45) is 10.9 Å². The fourth-order valence-corrected chi connectivity index (χ4v) is 1.81. The molecule has 0 atom stereocenters. The van der Waals surface area contributed by atoms with E-state index in [9.17, 15) is 9.59 Å². The van der Waals surface area contributed by atoms with E-state index < -0.39 is 0 Å². The lowest BCUT2D eigenvalue weighted by Crippen LogP contribution is -2.51. The Bertz CT molecular complexity index is 449. The zero-order valence-corrected chi connectivity index (χ0v) is 9.91. The monoisotopic (exact) mass is 246 g/mol. The minimum absolute atomic E-state index is 0.260. The number of ether oxygens (including phenoxy) is 1. The first-order valence-corrected chi connectivity index (χ1v) is 5.79. The molecule has 1 aromatic carbocycles. The van der Waals surface area contributed by atoms with Gasteiger partial charge >= 0.3 is 6.09 Å². The molecule has 2 rings (SSSR count). The lowest BCUT2D eigenvalue weighted by atomic mass is 10.0. The second-order valence-electron chi connectivity index (χ2n) is 4.24. The number of amides is 1. The maximum absolute atomic E-state index is 11.6. The van der Waals surface area contributed by atoms with Crippen molar-refractivity contribution in [3.05, 3.63) is 35.9 Å². The molecule has 0 aliphatic carbocycles. The molecule has 1 heterocycles. The molecule has 94 valence electrons. The highest BCUT2D eigenvalue weighted by atomic mass is 16.6. The molecule has 1 amide bonds. The van der Waals surface area contributed by atoms with Gasteiger partial charge in [0.1, 0.15) is 6.61 Å². The largest absolute Gasteiger partial charge is 0.445 e. The van der Waals surface area contributed by atoms with Crippen molar-refractivity contribution < 1.29 is 14.3 Å². The average molecular weight is 246 g/mol. The smallest absolute Gasteiger partial charge is 0.410 e. The SMILES string of the molecule is O=C=NCC1CN(C(=O)OCc2ccccc2)C1. The quantitative estimate of drug-likeness (QED) is 0.598. The zero-order valence-electron chi connectivity index (χ0n) is 9.91. The number of rotatable bonds is 4. The van der Waals surface area contributed by atoms with E-state index in [4.69, 9.17) is 4.74 Å². The second-order valence-corrected chi connectivity index (χ2v) is 4.24. The van der Waals surface area contributed by atoms with E-state index in [1.165, 1.54) is 6.08 Å². The van der Waals surface area contributed by atoms with Gasteiger partial charge in [0, 0.05) is 19.0 Å². The van der Waals surface area contributed by atoms with Gasteiger partial charge < -0.3 is 9.64 Å². The Morgan fingerprint density at radius 3 is 2.78 bits per heavy atom. The Kier molecular flexibility index (Phi) is 4.10. The van der Waals surface area contributed by atoms with Gasteiger partial charge in [-0.3, -0.25) is 0 Å². The number of benzene rings is 1. The summed E-state index contributed by atoms with van der Waals surface area (Å²) in [6.07, 6.45) is 1.18. The van der Waals surface area contributed by atoms with E-state index in [0.717, 1.165) is 5.56 Å². The summed E-state index contributed by atoms with van der Waals surface area (Å²) in [5.41, 5.74) is 0.966. The van der Waals surface area contributed by atoms with Gasteiger partial charge in [-0.2, -0.15) is 0 Å². The van der Waals surface area contributed by atoms with E-state index in [2.05, 4.69) is 4.99 Å². The standard InChI is InChI=1S/C13H14N2O3/c16-10-14-6-12-7-15(8-12)13(17)18-9-11-4-2-1-3-5-11/h1-5,12H,6-9H2. The minimum atomic E-state index is -0.315. The number of isocyanates is 1. The number of carbonyl (C=O) groups is 1. The highest BCUT2D eigenvalue weighted by Crippen LogP contribution is 2.17. The molecule has 0 N–H and O–H groups in total. The van der Waals surface area contributed by atoms with Crippen LogP contribution in [0.15, 0.2) is 35.3 Å². The first-order valence-electron chi connectivity index (χ1n) is 5.79. The summed E-state index contributed by atoms with van der Waals surface area (Å²) in [6.45, 7) is 1.91. The molecule has 1 aromatic rings. The van der Waals surface area contributed by atoms with Gasteiger partial charge in [0.2, 0.25) is 6.08 Å². The van der Waals surface area contributed by atoms with Crippen molar-refractivity contribution in [1.29, 1.82) is 0 Å². The lowest BCUT2D eigenvalue weighted by Gasteiger charge is -2.37. The molecule has 1 saturated heterocycles. The fourth-order valence-electron chi connectivity index (χ4n) is 1.81. The number of hydrogen-bond donors (Lipinski definition) is 0. The molecule has 18 heavy (non-hydrogen) atoms. The average Bonchev–Trinajstić information content (AvgIpc) is 2.36. The Labute approximate surface area is 105 Å². The van der Waals surface area contributed by atoms with E-state index in [-0.39, 0.29) is 18.6 Å². The van der Waals surface area contributed by atoms with Gasteiger partial charge in [0.05, 0.1) is 6.54 Å². The molecule has 0 radical (unpaired) electrons. The predicted molar refractivity (Wildman–Crippen MR) is 64.7 cm³/mol. The van der Waals surface area contributed by atoms with Crippen LogP contribution in [-0.2, 0) is 16.1 Å². The number of aliphatic imine (C=N–C) groups is 1. The zero-order chi connectivity index (χ0) is 12.8. The number of hydrogen-bond acceptors (Lipinski definition) is 4. The van der Waals surface area contributed by atoms with Crippen LogP contribution in [0.1, 0.15) is 5.56 Å². The third kappa shape index (κ3) is 3.18. The molecule has 0 aromatic heterocycles. The molecule has 5 heteroatoms. The van der Waals surface area contributed by atoms with Crippen molar-refractivity contribution in [2.75, 3.05) is 19.6 Å². The van der Waals surface area contributed by atoms with Gasteiger partial charge in [-0.05, 0) is 5.56 Å². The third-order valence-electron chi connectivity index (χ3n) is 2.83. The van der Waals surface area contributed by atoms with Crippen LogP contribution < -0.4 is 0 Å². The molecular formula is C13H14N2O3. The first-order chi connectivity index (χ1) is 8.79. The summed E-state index contributed by atoms with van der Waals surface area (Å²) in [6, 6.07) is 9.54. The normalized spacial score (nSPS) is 14.6. The predicted octanol–water partition coefficient (Wildman–Crippen LogP) is 1.59. The molecule has 0 spiro atoms. The molecule has 0 unspecified atom stereocenters. The van der Waals surface area contributed by atoms with Crippen molar-refractivity contribution >= 4 is 12.2 Å². The first kappa shape index (κ1) is 12.3. The number of likely N-dealkylation sites (tertiary alicyclic amines) is 1. The molecule has 1 aliphatic heterocycles. The molecule has 1 aliphatic rings. The number of nitrogens with zero attached hydrogens (tertiary/aromatic N) is 2. The summed E-state index contributed by atoms with van der Waals surface area (Å²) in [5, 5.41) is 0. The van der Waals surface area contributed by atoms with Gasteiger partial charge in [0.15, 0.2) is 0 Å². The van der Waals surface area contributed by atoms with Gasteiger partial charge in [-0.25, -0.2) is 14.6 Å². The van der Waals surface area contributed by atoms with Crippen molar-refractivity contribution in [1.82, 2.24) is 4.90 Å². The summed E-state index contributed by atoms with van der Waals surface area (Å²) in [5.74, 6) is 0.260. The Balaban J connectivity index is 1.69. The molecule has 1 fully saturated rings. The van der Waals surface area contributed by atoms with Gasteiger partial charge in [0.25, 0.3) is 0 Å². The summed E-state index contributed by atoms with van der Waals surface area (Å²) in [7, 11) is 0. The van der Waals surface area contributed by atoms with Crippen molar-refractivity contribution in [3.63, 3.8) is 0 Å². The lowest BCUT2D eigenvalue weighted by molar-refractivity contribution is 0.0519. The van der Waals surface area contributed by atoms with E-state index in [0.29, 0.717) is 19.6 Å². The van der Waals surface area contributed by atoms with Crippen LogP contribution in [0.3, 0.4) is 0 Å². The Morgan fingerprint density at radius 2 is 2.11 bits per heavy atom. The maximum Gasteiger partial charge on any atom is 0.410 e. The van der Waals surface area contributed by atoms with Crippen LogP contribution in [0.4, 0.5) is 4.79 Å². The second kappa shape index (κ2) is 5.98. The van der Waals surface area contributed by atoms with Gasteiger partial charge in [-0.1, -0.05) is 30.3 Å². The Morgan fingerprint density at radius 1 is 1.39 bits per heavy atom. The topological polar surface area (TPSA) is 59.0 Å². The Hall–Kier alpha value is -2.13. The van der Waals surface area contributed by atoms with E-state index in [1.807, 2.05) is 30.3 Å². The van der Waals surface area contributed by atoms with Crippen LogP contribution in [0.2, 0.25) is 0 Å². The van der Waals surface area contributed by atoms with Crippen LogP contribution in [-0.4, -0.2) is 36.7 Å². The molecule has 0 saturated carbocycles. The molecule has 5 nitrogen and oxygen atoms in total. The van der Waals surface area contributed by atoms with Crippen LogP contribution >= 0.6 is 0 Å². The number of carbonyl (C=O) groups excluding carboxylic acids is 2.